The largest absolute Gasteiger partial charge is 0.464 e. The summed E-state index contributed by atoms with van der Waals surface area (Å²) in [7, 11) is 0. The molecule has 17 heavy (non-hydrogen) atoms. The number of fused-ring (bicyclic) bond motifs is 1. The maximum Gasteiger partial charge on any atom is 0.155 e. The molecule has 3 rings (SSSR count). The SMILES string of the molecule is O=C1C=C(c2coc3ccccc23)CCCC1. The van der Waals surface area contributed by atoms with Crippen LogP contribution in [-0.2, 0) is 4.79 Å². The average Bonchev–Trinajstić information content (AvgIpc) is 2.66. The molecule has 2 heteroatoms. The molecule has 1 heterocycles. The lowest BCUT2D eigenvalue weighted by molar-refractivity contribution is -0.114. The topological polar surface area (TPSA) is 30.2 Å². The monoisotopic (exact) mass is 226 g/mol. The van der Waals surface area contributed by atoms with Crippen LogP contribution in [-0.4, -0.2) is 5.78 Å². The van der Waals surface area contributed by atoms with Crippen LogP contribution < -0.4 is 0 Å². The van der Waals surface area contributed by atoms with Crippen molar-refractivity contribution in [3.63, 3.8) is 0 Å². The van der Waals surface area contributed by atoms with Gasteiger partial charge in [-0.2, -0.15) is 0 Å². The average molecular weight is 226 g/mol. The standard InChI is InChI=1S/C15H14O2/c16-12-6-2-1-5-11(9-12)14-10-17-15-8-4-3-7-13(14)15/h3-4,7-10H,1-2,5-6H2. The lowest BCUT2D eigenvalue weighted by Crippen LogP contribution is -1.90. The number of para-hydroxylation sites is 1. The Balaban J connectivity index is 2.11. The first-order valence-electron chi connectivity index (χ1n) is 6.04. The molecule has 0 saturated heterocycles. The third-order valence-corrected chi connectivity index (χ3v) is 3.28. The maximum absolute atomic E-state index is 11.6. The van der Waals surface area contributed by atoms with Crippen molar-refractivity contribution >= 4 is 22.3 Å². The van der Waals surface area contributed by atoms with Gasteiger partial charge in [-0.25, -0.2) is 0 Å². The quantitative estimate of drug-likeness (QED) is 0.736. The smallest absolute Gasteiger partial charge is 0.155 e. The first-order chi connectivity index (χ1) is 8.34. The summed E-state index contributed by atoms with van der Waals surface area (Å²) in [5.41, 5.74) is 3.09. The Morgan fingerprint density at radius 3 is 2.82 bits per heavy atom. The van der Waals surface area contributed by atoms with E-state index < -0.39 is 0 Å². The second-order valence-electron chi connectivity index (χ2n) is 4.49. The highest BCUT2D eigenvalue weighted by Gasteiger charge is 2.14. The highest BCUT2D eigenvalue weighted by molar-refractivity contribution is 6.01. The summed E-state index contributed by atoms with van der Waals surface area (Å²) < 4.78 is 5.53. The van der Waals surface area contributed by atoms with Crippen molar-refractivity contribution < 1.29 is 9.21 Å². The van der Waals surface area contributed by atoms with Gasteiger partial charge in [0, 0.05) is 17.4 Å². The van der Waals surface area contributed by atoms with Crippen LogP contribution in [0.2, 0.25) is 0 Å². The number of allylic oxidation sites excluding steroid dienone is 2. The Hall–Kier alpha value is -1.83. The number of rotatable bonds is 1. The summed E-state index contributed by atoms with van der Waals surface area (Å²) in [6.07, 6.45) is 7.29. The fraction of sp³-hybridized carbons (Fsp3) is 0.267. The van der Waals surface area contributed by atoms with Crippen LogP contribution in [0.25, 0.3) is 16.5 Å². The third kappa shape index (κ3) is 1.91. The van der Waals surface area contributed by atoms with E-state index in [2.05, 4.69) is 0 Å². The molecule has 0 aliphatic heterocycles. The van der Waals surface area contributed by atoms with Crippen molar-refractivity contribution in [1.82, 2.24) is 0 Å². The molecule has 0 radical (unpaired) electrons. The van der Waals surface area contributed by atoms with E-state index in [1.54, 1.807) is 12.3 Å². The summed E-state index contributed by atoms with van der Waals surface area (Å²) in [6, 6.07) is 7.96. The van der Waals surface area contributed by atoms with Gasteiger partial charge in [-0.1, -0.05) is 18.2 Å². The molecule has 0 atom stereocenters. The number of carbonyl (C=O) groups is 1. The Morgan fingerprint density at radius 1 is 1.06 bits per heavy atom. The molecule has 1 aromatic heterocycles. The van der Waals surface area contributed by atoms with E-state index >= 15 is 0 Å². The van der Waals surface area contributed by atoms with Gasteiger partial charge in [0.1, 0.15) is 5.58 Å². The van der Waals surface area contributed by atoms with Crippen LogP contribution in [0.15, 0.2) is 41.0 Å². The summed E-state index contributed by atoms with van der Waals surface area (Å²) >= 11 is 0. The van der Waals surface area contributed by atoms with Crippen LogP contribution in [0.1, 0.15) is 31.2 Å². The number of ketones is 1. The molecule has 0 amide bonds. The molecule has 0 fully saturated rings. The van der Waals surface area contributed by atoms with Gasteiger partial charge in [0.05, 0.1) is 6.26 Å². The van der Waals surface area contributed by atoms with E-state index in [4.69, 9.17) is 4.42 Å². The minimum Gasteiger partial charge on any atom is -0.464 e. The molecular formula is C15H14O2. The minimum absolute atomic E-state index is 0.239. The number of furan rings is 1. The van der Waals surface area contributed by atoms with Gasteiger partial charge >= 0.3 is 0 Å². The number of carbonyl (C=O) groups excluding carboxylic acids is 1. The second-order valence-corrected chi connectivity index (χ2v) is 4.49. The van der Waals surface area contributed by atoms with Gasteiger partial charge in [0.25, 0.3) is 0 Å². The van der Waals surface area contributed by atoms with E-state index in [-0.39, 0.29) is 5.78 Å². The first kappa shape index (κ1) is 10.3. The molecule has 2 nitrogen and oxygen atoms in total. The van der Waals surface area contributed by atoms with Crippen LogP contribution in [0.4, 0.5) is 0 Å². The Labute approximate surface area is 99.9 Å². The molecule has 1 aliphatic carbocycles. The lowest BCUT2D eigenvalue weighted by Gasteiger charge is -2.01. The normalized spacial score (nSPS) is 16.9. The van der Waals surface area contributed by atoms with Crippen molar-refractivity contribution in [3.8, 4) is 0 Å². The molecule has 0 N–H and O–H groups in total. The maximum atomic E-state index is 11.6. The van der Waals surface area contributed by atoms with Crippen LogP contribution in [0, 0.1) is 0 Å². The lowest BCUT2D eigenvalue weighted by atomic mass is 10.0. The second kappa shape index (κ2) is 4.21. The van der Waals surface area contributed by atoms with Gasteiger partial charge in [0.2, 0.25) is 0 Å². The van der Waals surface area contributed by atoms with Crippen molar-refractivity contribution in [3.05, 3.63) is 42.2 Å². The molecule has 86 valence electrons. The molecular weight excluding hydrogens is 212 g/mol. The van der Waals surface area contributed by atoms with Crippen molar-refractivity contribution in [2.75, 3.05) is 0 Å². The van der Waals surface area contributed by atoms with Crippen LogP contribution in [0.5, 0.6) is 0 Å². The number of hydrogen-bond acceptors (Lipinski definition) is 2. The van der Waals surface area contributed by atoms with Gasteiger partial charge in [-0.15, -0.1) is 0 Å². The summed E-state index contributed by atoms with van der Waals surface area (Å²) in [5, 5.41) is 1.11. The molecule has 0 unspecified atom stereocenters. The Morgan fingerprint density at radius 2 is 1.88 bits per heavy atom. The summed E-state index contributed by atoms with van der Waals surface area (Å²) in [4.78, 5) is 11.6. The number of hydrogen-bond donors (Lipinski definition) is 0. The van der Waals surface area contributed by atoms with Crippen molar-refractivity contribution in [1.29, 1.82) is 0 Å². The molecule has 2 aromatic rings. The molecule has 0 spiro atoms. The fourth-order valence-electron chi connectivity index (χ4n) is 2.39. The highest BCUT2D eigenvalue weighted by atomic mass is 16.3. The Bertz CT molecular complexity index is 590. The van der Waals surface area contributed by atoms with Gasteiger partial charge in [-0.3, -0.25) is 4.79 Å². The molecule has 1 aliphatic rings. The van der Waals surface area contributed by atoms with E-state index in [0.29, 0.717) is 6.42 Å². The summed E-state index contributed by atoms with van der Waals surface area (Å²) in [5.74, 6) is 0.239. The first-order valence-corrected chi connectivity index (χ1v) is 6.04. The van der Waals surface area contributed by atoms with Gasteiger partial charge < -0.3 is 4.42 Å². The van der Waals surface area contributed by atoms with E-state index in [1.165, 1.54) is 0 Å². The van der Waals surface area contributed by atoms with Gasteiger partial charge in [0.15, 0.2) is 5.78 Å². The van der Waals surface area contributed by atoms with Crippen molar-refractivity contribution in [2.45, 2.75) is 25.7 Å². The zero-order chi connectivity index (χ0) is 11.7. The molecule has 0 saturated carbocycles. The zero-order valence-corrected chi connectivity index (χ0v) is 9.61. The van der Waals surface area contributed by atoms with E-state index in [1.807, 2.05) is 24.3 Å². The van der Waals surface area contributed by atoms with Crippen molar-refractivity contribution in [2.24, 2.45) is 0 Å². The van der Waals surface area contributed by atoms with Crippen LogP contribution in [0.3, 0.4) is 0 Å². The molecule has 0 bridgehead atoms. The zero-order valence-electron chi connectivity index (χ0n) is 9.61. The molecule has 1 aromatic carbocycles. The van der Waals surface area contributed by atoms with Crippen LogP contribution >= 0.6 is 0 Å². The van der Waals surface area contributed by atoms with Gasteiger partial charge in [-0.05, 0) is 37.0 Å². The highest BCUT2D eigenvalue weighted by Crippen LogP contribution is 2.31. The van der Waals surface area contributed by atoms with E-state index in [0.717, 1.165) is 41.4 Å². The number of benzene rings is 1. The predicted molar refractivity (Wildman–Crippen MR) is 67.7 cm³/mol. The fourth-order valence-corrected chi connectivity index (χ4v) is 2.39. The predicted octanol–water partition coefficient (Wildman–Crippen LogP) is 3.96. The third-order valence-electron chi connectivity index (χ3n) is 3.28. The minimum atomic E-state index is 0.239. The Kier molecular flexibility index (Phi) is 2.56. The van der Waals surface area contributed by atoms with E-state index in [9.17, 15) is 4.79 Å². The summed E-state index contributed by atoms with van der Waals surface area (Å²) in [6.45, 7) is 0.